The van der Waals surface area contributed by atoms with Crippen LogP contribution in [-0.4, -0.2) is 42.5 Å². The molecule has 2 aromatic carbocycles. The Bertz CT molecular complexity index is 671. The fraction of sp³-hybridized carbons (Fsp3) is 0.278. The van der Waals surface area contributed by atoms with Crippen LogP contribution in [-0.2, 0) is 11.2 Å². The van der Waals surface area contributed by atoms with E-state index in [2.05, 4.69) is 17.0 Å². The average molecular weight is 328 g/mol. The van der Waals surface area contributed by atoms with E-state index in [1.165, 1.54) is 29.8 Å². The van der Waals surface area contributed by atoms with Crippen LogP contribution in [0.3, 0.4) is 0 Å². The van der Waals surface area contributed by atoms with Crippen LogP contribution in [0.5, 0.6) is 0 Å². The third-order valence-electron chi connectivity index (χ3n) is 3.65. The van der Waals surface area contributed by atoms with Gasteiger partial charge in [0.15, 0.2) is 0 Å². The number of non-ortho nitro benzene ring substituents is 1. The molecule has 0 aromatic heterocycles. The van der Waals surface area contributed by atoms with Gasteiger partial charge < -0.3 is 9.64 Å². The van der Waals surface area contributed by atoms with Crippen molar-refractivity contribution in [2.24, 2.45) is 0 Å². The Balaban J connectivity index is 1.70. The molecule has 0 aliphatic carbocycles. The van der Waals surface area contributed by atoms with Crippen LogP contribution in [0.2, 0.25) is 0 Å². The average Bonchev–Trinajstić information content (AvgIpc) is 2.61. The molecule has 0 amide bonds. The summed E-state index contributed by atoms with van der Waals surface area (Å²) >= 11 is 0. The van der Waals surface area contributed by atoms with Crippen LogP contribution in [0.4, 0.5) is 5.69 Å². The number of ether oxygens (including phenoxy) is 1. The first-order valence-electron chi connectivity index (χ1n) is 7.70. The molecule has 0 N–H and O–H groups in total. The van der Waals surface area contributed by atoms with E-state index in [1.54, 1.807) is 0 Å². The number of esters is 1. The Morgan fingerprint density at radius 1 is 1.08 bits per heavy atom. The van der Waals surface area contributed by atoms with E-state index in [0.717, 1.165) is 13.0 Å². The van der Waals surface area contributed by atoms with Gasteiger partial charge in [0.2, 0.25) is 0 Å². The predicted octanol–water partition coefficient (Wildman–Crippen LogP) is 2.93. The maximum absolute atomic E-state index is 11.9. The number of carbonyl (C=O) groups excluding carboxylic acids is 1. The number of hydrogen-bond donors (Lipinski definition) is 0. The van der Waals surface area contributed by atoms with Crippen LogP contribution in [0.1, 0.15) is 15.9 Å². The molecule has 0 bridgehead atoms. The minimum Gasteiger partial charge on any atom is -0.461 e. The summed E-state index contributed by atoms with van der Waals surface area (Å²) in [5.74, 6) is -0.471. The number of carbonyl (C=O) groups is 1. The zero-order chi connectivity index (χ0) is 17.4. The number of nitrogens with zero attached hydrogens (tertiary/aromatic N) is 2. The smallest absolute Gasteiger partial charge is 0.338 e. The molecule has 2 rings (SSSR count). The summed E-state index contributed by atoms with van der Waals surface area (Å²) in [4.78, 5) is 24.0. The summed E-state index contributed by atoms with van der Waals surface area (Å²) in [7, 11) is 1.97. The second kappa shape index (κ2) is 8.79. The molecule has 0 unspecified atom stereocenters. The number of nitro groups is 1. The van der Waals surface area contributed by atoms with Crippen molar-refractivity contribution in [2.45, 2.75) is 6.42 Å². The van der Waals surface area contributed by atoms with Crippen LogP contribution >= 0.6 is 0 Å². The van der Waals surface area contributed by atoms with Crippen LogP contribution in [0, 0.1) is 10.1 Å². The summed E-state index contributed by atoms with van der Waals surface area (Å²) in [6.45, 7) is 1.78. The highest BCUT2D eigenvalue weighted by atomic mass is 16.6. The highest BCUT2D eigenvalue weighted by Crippen LogP contribution is 2.12. The molecule has 0 saturated heterocycles. The third kappa shape index (κ3) is 5.48. The van der Waals surface area contributed by atoms with Crippen molar-refractivity contribution in [1.29, 1.82) is 0 Å². The number of hydrogen-bond acceptors (Lipinski definition) is 5. The molecular formula is C18H20N2O4. The van der Waals surface area contributed by atoms with Gasteiger partial charge in [-0.05, 0) is 31.2 Å². The minimum absolute atomic E-state index is 0.0489. The molecular weight excluding hydrogens is 308 g/mol. The van der Waals surface area contributed by atoms with E-state index in [4.69, 9.17) is 4.74 Å². The fourth-order valence-corrected chi connectivity index (χ4v) is 2.17. The molecule has 0 aliphatic rings. The quantitative estimate of drug-likeness (QED) is 0.423. The number of nitro benzene ring substituents is 1. The number of benzene rings is 2. The maximum atomic E-state index is 11.9. The van der Waals surface area contributed by atoms with Gasteiger partial charge in [0.1, 0.15) is 6.61 Å². The van der Waals surface area contributed by atoms with Gasteiger partial charge >= 0.3 is 5.97 Å². The molecule has 6 heteroatoms. The molecule has 0 saturated carbocycles. The lowest BCUT2D eigenvalue weighted by Gasteiger charge is -2.16. The molecule has 2 aromatic rings. The SMILES string of the molecule is CN(CCOC(=O)c1ccc([N+](=O)[O-])cc1)CCc1ccccc1. The van der Waals surface area contributed by atoms with Gasteiger partial charge in [-0.1, -0.05) is 30.3 Å². The van der Waals surface area contributed by atoms with Crippen molar-refractivity contribution in [3.05, 3.63) is 75.8 Å². The molecule has 6 nitrogen and oxygen atoms in total. The van der Waals surface area contributed by atoms with Gasteiger partial charge in [-0.15, -0.1) is 0 Å². The summed E-state index contributed by atoms with van der Waals surface area (Å²) in [6.07, 6.45) is 0.938. The van der Waals surface area contributed by atoms with E-state index in [1.807, 2.05) is 25.2 Å². The molecule has 0 atom stereocenters. The number of likely N-dealkylation sites (N-methyl/N-ethyl adjacent to an activating group) is 1. The van der Waals surface area contributed by atoms with Gasteiger partial charge in [-0.2, -0.15) is 0 Å². The minimum atomic E-state index is -0.503. The lowest BCUT2D eigenvalue weighted by Crippen LogP contribution is -2.26. The van der Waals surface area contributed by atoms with Crippen molar-refractivity contribution in [1.82, 2.24) is 4.90 Å². The maximum Gasteiger partial charge on any atom is 0.338 e. The summed E-state index contributed by atoms with van der Waals surface area (Å²) in [5.41, 5.74) is 1.53. The molecule has 24 heavy (non-hydrogen) atoms. The molecule has 0 radical (unpaired) electrons. The first-order chi connectivity index (χ1) is 11.6. The van der Waals surface area contributed by atoms with Gasteiger partial charge in [-0.3, -0.25) is 10.1 Å². The first kappa shape index (κ1) is 17.6. The predicted molar refractivity (Wildman–Crippen MR) is 91.0 cm³/mol. The molecule has 0 fully saturated rings. The van der Waals surface area contributed by atoms with E-state index in [0.29, 0.717) is 12.1 Å². The Kier molecular flexibility index (Phi) is 6.45. The second-order valence-electron chi connectivity index (χ2n) is 5.48. The van der Waals surface area contributed by atoms with Gasteiger partial charge in [0, 0.05) is 25.2 Å². The van der Waals surface area contributed by atoms with E-state index >= 15 is 0 Å². The van der Waals surface area contributed by atoms with Crippen molar-refractivity contribution in [2.75, 3.05) is 26.7 Å². The highest BCUT2D eigenvalue weighted by molar-refractivity contribution is 5.89. The van der Waals surface area contributed by atoms with E-state index in [9.17, 15) is 14.9 Å². The Morgan fingerprint density at radius 3 is 2.38 bits per heavy atom. The monoisotopic (exact) mass is 328 g/mol. The Hall–Kier alpha value is -2.73. The third-order valence-corrected chi connectivity index (χ3v) is 3.65. The normalized spacial score (nSPS) is 10.6. The van der Waals surface area contributed by atoms with Crippen LogP contribution in [0.25, 0.3) is 0 Å². The summed E-state index contributed by atoms with van der Waals surface area (Å²) in [6, 6.07) is 15.6. The molecule has 0 spiro atoms. The molecule has 0 aliphatic heterocycles. The van der Waals surface area contributed by atoms with Gasteiger partial charge in [-0.25, -0.2) is 4.79 Å². The lowest BCUT2D eigenvalue weighted by atomic mass is 10.1. The second-order valence-corrected chi connectivity index (χ2v) is 5.48. The highest BCUT2D eigenvalue weighted by Gasteiger charge is 2.10. The fourth-order valence-electron chi connectivity index (χ4n) is 2.17. The van der Waals surface area contributed by atoms with Gasteiger partial charge in [0.05, 0.1) is 10.5 Å². The van der Waals surface area contributed by atoms with E-state index in [-0.39, 0.29) is 12.3 Å². The van der Waals surface area contributed by atoms with Crippen molar-refractivity contribution < 1.29 is 14.5 Å². The van der Waals surface area contributed by atoms with Crippen molar-refractivity contribution in [3.8, 4) is 0 Å². The molecule has 0 heterocycles. The topological polar surface area (TPSA) is 72.7 Å². The molecule has 126 valence electrons. The Morgan fingerprint density at radius 2 is 1.75 bits per heavy atom. The summed E-state index contributed by atoms with van der Waals surface area (Å²) < 4.78 is 5.20. The van der Waals surface area contributed by atoms with Crippen molar-refractivity contribution >= 4 is 11.7 Å². The van der Waals surface area contributed by atoms with Crippen LogP contribution in [0.15, 0.2) is 54.6 Å². The van der Waals surface area contributed by atoms with Crippen molar-refractivity contribution in [3.63, 3.8) is 0 Å². The van der Waals surface area contributed by atoms with Crippen LogP contribution < -0.4 is 0 Å². The zero-order valence-corrected chi connectivity index (χ0v) is 13.6. The largest absolute Gasteiger partial charge is 0.461 e. The van der Waals surface area contributed by atoms with E-state index < -0.39 is 10.9 Å². The standard InChI is InChI=1S/C18H20N2O4/c1-19(12-11-15-5-3-2-4-6-15)13-14-24-18(21)16-7-9-17(10-8-16)20(22)23/h2-10H,11-14H2,1H3. The first-order valence-corrected chi connectivity index (χ1v) is 7.70. The Labute approximate surface area is 140 Å². The number of rotatable bonds is 8. The lowest BCUT2D eigenvalue weighted by molar-refractivity contribution is -0.384. The zero-order valence-electron chi connectivity index (χ0n) is 13.6. The summed E-state index contributed by atoms with van der Waals surface area (Å²) in [5, 5.41) is 10.6. The van der Waals surface area contributed by atoms with Gasteiger partial charge in [0.25, 0.3) is 5.69 Å².